The minimum atomic E-state index is 0.443. The van der Waals surface area contributed by atoms with Gasteiger partial charge in [-0.1, -0.05) is 47.4 Å². The molecule has 0 unspecified atom stereocenters. The van der Waals surface area contributed by atoms with Gasteiger partial charge in [-0.3, -0.25) is 0 Å². The van der Waals surface area contributed by atoms with Crippen molar-refractivity contribution in [1.82, 2.24) is 5.32 Å². The fourth-order valence-corrected chi connectivity index (χ4v) is 3.11. The first kappa shape index (κ1) is 16.8. The molecule has 2 nitrogen and oxygen atoms in total. The highest BCUT2D eigenvalue weighted by molar-refractivity contribution is 9.11. The van der Waals surface area contributed by atoms with Gasteiger partial charge in [0.15, 0.2) is 0 Å². The molecule has 0 atom stereocenters. The molecule has 0 bridgehead atoms. The van der Waals surface area contributed by atoms with Crippen molar-refractivity contribution in [2.45, 2.75) is 26.4 Å². The Balaban J connectivity index is 2.13. The molecule has 2 rings (SSSR count). The van der Waals surface area contributed by atoms with Crippen LogP contribution in [0.4, 0.5) is 0 Å². The lowest BCUT2D eigenvalue weighted by molar-refractivity contribution is 0.479. The Hall–Kier alpha value is -0.550. The van der Waals surface area contributed by atoms with E-state index in [0.29, 0.717) is 16.8 Å². The van der Waals surface area contributed by atoms with Crippen molar-refractivity contribution in [1.29, 1.82) is 0 Å². The van der Waals surface area contributed by atoms with Gasteiger partial charge in [-0.2, -0.15) is 0 Å². The van der Waals surface area contributed by atoms with E-state index in [9.17, 15) is 0 Å². The summed E-state index contributed by atoms with van der Waals surface area (Å²) in [7, 11) is 0. The van der Waals surface area contributed by atoms with E-state index in [1.54, 1.807) is 0 Å². The summed E-state index contributed by atoms with van der Waals surface area (Å²) in [6.45, 7) is 5.02. The summed E-state index contributed by atoms with van der Waals surface area (Å²) < 4.78 is 7.72. The van der Waals surface area contributed by atoms with Gasteiger partial charge in [0, 0.05) is 17.1 Å². The number of halogens is 3. The molecule has 112 valence electrons. The fourth-order valence-electron chi connectivity index (χ4n) is 1.74. The van der Waals surface area contributed by atoms with Crippen LogP contribution in [0.25, 0.3) is 0 Å². The van der Waals surface area contributed by atoms with Crippen molar-refractivity contribution in [2.24, 2.45) is 0 Å². The van der Waals surface area contributed by atoms with Gasteiger partial charge in [0.05, 0.1) is 9.50 Å². The summed E-state index contributed by atoms with van der Waals surface area (Å²) in [4.78, 5) is 0. The molecule has 0 amide bonds. The van der Waals surface area contributed by atoms with E-state index in [1.807, 2.05) is 36.4 Å². The SMILES string of the molecule is CC(C)NCc1ccc(Oc2ccc(Br)cc2Br)c(Cl)c1. The van der Waals surface area contributed by atoms with Crippen LogP contribution in [0.5, 0.6) is 11.5 Å². The third-order valence-corrected chi connectivity index (χ3v) is 4.23. The molecule has 0 heterocycles. The highest BCUT2D eigenvalue weighted by Gasteiger charge is 2.08. The second kappa shape index (κ2) is 7.63. The molecule has 0 saturated carbocycles. The number of hydrogen-bond donors (Lipinski definition) is 1. The van der Waals surface area contributed by atoms with Crippen LogP contribution in [-0.4, -0.2) is 6.04 Å². The van der Waals surface area contributed by atoms with E-state index in [-0.39, 0.29) is 0 Å². The van der Waals surface area contributed by atoms with E-state index in [1.165, 1.54) is 0 Å². The molecule has 2 aromatic rings. The number of rotatable bonds is 5. The summed E-state index contributed by atoms with van der Waals surface area (Å²) in [5.74, 6) is 1.38. The summed E-state index contributed by atoms with van der Waals surface area (Å²) >= 11 is 13.2. The van der Waals surface area contributed by atoms with Gasteiger partial charge in [-0.05, 0) is 51.8 Å². The Bertz CT molecular complexity index is 632. The van der Waals surface area contributed by atoms with Crippen molar-refractivity contribution >= 4 is 43.5 Å². The first-order chi connectivity index (χ1) is 9.95. The largest absolute Gasteiger partial charge is 0.455 e. The van der Waals surface area contributed by atoms with Crippen LogP contribution >= 0.6 is 43.5 Å². The van der Waals surface area contributed by atoms with E-state index in [4.69, 9.17) is 16.3 Å². The molecule has 0 radical (unpaired) electrons. The number of nitrogens with one attached hydrogen (secondary N) is 1. The van der Waals surface area contributed by atoms with Crippen LogP contribution < -0.4 is 10.1 Å². The average molecular weight is 434 g/mol. The summed E-state index contributed by atoms with van der Waals surface area (Å²) in [5, 5.41) is 3.97. The quantitative estimate of drug-likeness (QED) is 0.610. The molecule has 0 aromatic heterocycles. The van der Waals surface area contributed by atoms with Crippen LogP contribution in [0.15, 0.2) is 45.3 Å². The minimum absolute atomic E-state index is 0.443. The first-order valence-corrected chi connectivity index (χ1v) is 8.57. The molecule has 0 spiro atoms. The molecule has 0 aliphatic carbocycles. The Morgan fingerprint density at radius 3 is 2.43 bits per heavy atom. The summed E-state index contributed by atoms with van der Waals surface area (Å²) in [6.07, 6.45) is 0. The van der Waals surface area contributed by atoms with Crippen molar-refractivity contribution in [3.05, 3.63) is 55.9 Å². The normalized spacial score (nSPS) is 11.0. The van der Waals surface area contributed by atoms with Crippen LogP contribution in [-0.2, 0) is 6.54 Å². The van der Waals surface area contributed by atoms with Gasteiger partial charge in [0.1, 0.15) is 11.5 Å². The third-order valence-electron chi connectivity index (χ3n) is 2.82. The number of ether oxygens (including phenoxy) is 1. The maximum absolute atomic E-state index is 6.30. The highest BCUT2D eigenvalue weighted by atomic mass is 79.9. The molecule has 0 saturated heterocycles. The molecule has 0 aliphatic rings. The first-order valence-electron chi connectivity index (χ1n) is 6.60. The molecule has 2 aromatic carbocycles. The van der Waals surface area contributed by atoms with Crippen molar-refractivity contribution in [3.8, 4) is 11.5 Å². The second-order valence-corrected chi connectivity index (χ2v) is 7.15. The predicted molar refractivity (Wildman–Crippen MR) is 95.3 cm³/mol. The third kappa shape index (κ3) is 4.99. The monoisotopic (exact) mass is 431 g/mol. The van der Waals surface area contributed by atoms with E-state index >= 15 is 0 Å². The topological polar surface area (TPSA) is 21.3 Å². The van der Waals surface area contributed by atoms with Crippen LogP contribution in [0, 0.1) is 0 Å². The molecular weight excluding hydrogens is 417 g/mol. The predicted octanol–water partition coefficient (Wildman–Crippen LogP) is 6.16. The Morgan fingerprint density at radius 2 is 1.81 bits per heavy atom. The lowest BCUT2D eigenvalue weighted by atomic mass is 10.2. The van der Waals surface area contributed by atoms with Crippen LogP contribution in [0.3, 0.4) is 0 Å². The summed E-state index contributed by atoms with van der Waals surface area (Å²) in [5.41, 5.74) is 1.14. The Kier molecular flexibility index (Phi) is 6.11. The number of hydrogen-bond acceptors (Lipinski definition) is 2. The maximum Gasteiger partial charge on any atom is 0.146 e. The van der Waals surface area contributed by atoms with Crippen molar-refractivity contribution < 1.29 is 4.74 Å². The molecule has 0 fully saturated rings. The Labute approximate surface area is 147 Å². The molecule has 21 heavy (non-hydrogen) atoms. The molecule has 0 aliphatic heterocycles. The smallest absolute Gasteiger partial charge is 0.146 e. The average Bonchev–Trinajstić information content (AvgIpc) is 2.42. The minimum Gasteiger partial charge on any atom is -0.455 e. The zero-order chi connectivity index (χ0) is 15.4. The standard InChI is InChI=1S/C16H16Br2ClNO/c1-10(2)20-9-11-3-5-16(14(19)7-11)21-15-6-4-12(17)8-13(15)18/h3-8,10,20H,9H2,1-2H3. The highest BCUT2D eigenvalue weighted by Crippen LogP contribution is 2.35. The molecule has 5 heteroatoms. The van der Waals surface area contributed by atoms with Crippen molar-refractivity contribution in [3.63, 3.8) is 0 Å². The lowest BCUT2D eigenvalue weighted by Gasteiger charge is -2.12. The second-order valence-electron chi connectivity index (χ2n) is 4.98. The zero-order valence-electron chi connectivity index (χ0n) is 11.8. The fraction of sp³-hybridized carbons (Fsp3) is 0.250. The van der Waals surface area contributed by atoms with Crippen LogP contribution in [0.1, 0.15) is 19.4 Å². The lowest BCUT2D eigenvalue weighted by Crippen LogP contribution is -2.21. The van der Waals surface area contributed by atoms with E-state index in [2.05, 4.69) is 51.0 Å². The van der Waals surface area contributed by atoms with E-state index < -0.39 is 0 Å². The van der Waals surface area contributed by atoms with Gasteiger partial charge >= 0.3 is 0 Å². The van der Waals surface area contributed by atoms with Gasteiger partial charge in [0.25, 0.3) is 0 Å². The Morgan fingerprint density at radius 1 is 1.10 bits per heavy atom. The van der Waals surface area contributed by atoms with Gasteiger partial charge < -0.3 is 10.1 Å². The molecule has 1 N–H and O–H groups in total. The van der Waals surface area contributed by atoms with Crippen LogP contribution in [0.2, 0.25) is 5.02 Å². The maximum atomic E-state index is 6.30. The van der Waals surface area contributed by atoms with Gasteiger partial charge in [-0.25, -0.2) is 0 Å². The number of benzene rings is 2. The zero-order valence-corrected chi connectivity index (χ0v) is 15.7. The van der Waals surface area contributed by atoms with E-state index in [0.717, 1.165) is 26.8 Å². The van der Waals surface area contributed by atoms with Gasteiger partial charge in [-0.15, -0.1) is 0 Å². The van der Waals surface area contributed by atoms with Crippen molar-refractivity contribution in [2.75, 3.05) is 0 Å². The van der Waals surface area contributed by atoms with Gasteiger partial charge in [0.2, 0.25) is 0 Å². The summed E-state index contributed by atoms with van der Waals surface area (Å²) in [6, 6.07) is 12.0. The molecular formula is C16H16Br2ClNO.